The third-order valence-electron chi connectivity index (χ3n) is 3.83. The number of rotatable bonds is 5. The summed E-state index contributed by atoms with van der Waals surface area (Å²) in [4.78, 5) is 6.55. The average molecular weight is 278 g/mol. The number of nitrogen functional groups attached to an aromatic ring is 1. The lowest BCUT2D eigenvalue weighted by Crippen LogP contribution is -2.47. The summed E-state index contributed by atoms with van der Waals surface area (Å²) < 4.78 is 5.98. The molecule has 1 saturated heterocycles. The summed E-state index contributed by atoms with van der Waals surface area (Å²) in [5.74, 6) is 0.607. The van der Waals surface area contributed by atoms with Gasteiger partial charge in [-0.3, -0.25) is 0 Å². The lowest BCUT2D eigenvalue weighted by Gasteiger charge is -2.36. The molecule has 112 valence electrons. The molecule has 0 bridgehead atoms. The molecule has 0 radical (unpaired) electrons. The molecule has 5 nitrogen and oxygen atoms in total. The molecule has 20 heavy (non-hydrogen) atoms. The molecular formula is C15H26N4O. The number of anilines is 1. The van der Waals surface area contributed by atoms with Crippen LogP contribution in [0.3, 0.4) is 0 Å². The Kier molecular flexibility index (Phi) is 5.34. The molecule has 1 aromatic rings. The third-order valence-corrected chi connectivity index (χ3v) is 3.83. The standard InChI is InChI=1S/C15H26N4O/c1-4-6-17-14(12-10-19(3)8-9-20-12)13-11(2)5-7-18-15(13)16/h5,7,12,14,17H,4,6,8-10H2,1-3H3,(H2,16,18). The van der Waals surface area contributed by atoms with Crippen molar-refractivity contribution in [2.24, 2.45) is 0 Å². The highest BCUT2D eigenvalue weighted by Gasteiger charge is 2.30. The van der Waals surface area contributed by atoms with Crippen molar-refractivity contribution in [3.8, 4) is 0 Å². The first-order chi connectivity index (χ1) is 9.63. The van der Waals surface area contributed by atoms with Crippen LogP contribution in [0, 0.1) is 6.92 Å². The number of likely N-dealkylation sites (N-methyl/N-ethyl adjacent to an activating group) is 1. The van der Waals surface area contributed by atoms with Crippen molar-refractivity contribution in [2.75, 3.05) is 39.0 Å². The van der Waals surface area contributed by atoms with Crippen LogP contribution < -0.4 is 11.1 Å². The molecule has 0 amide bonds. The highest BCUT2D eigenvalue weighted by molar-refractivity contribution is 5.46. The second-order valence-corrected chi connectivity index (χ2v) is 5.53. The Morgan fingerprint density at radius 3 is 3.05 bits per heavy atom. The summed E-state index contributed by atoms with van der Waals surface area (Å²) >= 11 is 0. The quantitative estimate of drug-likeness (QED) is 0.851. The van der Waals surface area contributed by atoms with E-state index in [1.165, 1.54) is 5.56 Å². The maximum Gasteiger partial charge on any atom is 0.128 e. The molecule has 1 fully saturated rings. The lowest BCUT2D eigenvalue weighted by molar-refractivity contribution is -0.0392. The number of aromatic nitrogens is 1. The van der Waals surface area contributed by atoms with E-state index in [9.17, 15) is 0 Å². The van der Waals surface area contributed by atoms with E-state index in [1.54, 1.807) is 6.20 Å². The molecule has 0 spiro atoms. The number of nitrogens with zero attached hydrogens (tertiary/aromatic N) is 2. The first-order valence-corrected chi connectivity index (χ1v) is 7.38. The van der Waals surface area contributed by atoms with Crippen molar-refractivity contribution in [2.45, 2.75) is 32.4 Å². The van der Waals surface area contributed by atoms with Crippen LogP contribution in [0.15, 0.2) is 12.3 Å². The van der Waals surface area contributed by atoms with Crippen molar-refractivity contribution >= 4 is 5.82 Å². The Hall–Kier alpha value is -1.17. The van der Waals surface area contributed by atoms with Crippen LogP contribution >= 0.6 is 0 Å². The Bertz CT molecular complexity index is 418. The van der Waals surface area contributed by atoms with Crippen LogP contribution in [0.5, 0.6) is 0 Å². The second-order valence-electron chi connectivity index (χ2n) is 5.53. The van der Waals surface area contributed by atoms with Gasteiger partial charge in [0.15, 0.2) is 0 Å². The number of hydrogen-bond donors (Lipinski definition) is 2. The van der Waals surface area contributed by atoms with E-state index >= 15 is 0 Å². The fraction of sp³-hybridized carbons (Fsp3) is 0.667. The molecule has 1 aliphatic rings. The number of pyridine rings is 1. The minimum absolute atomic E-state index is 0.103. The van der Waals surface area contributed by atoms with E-state index in [2.05, 4.69) is 36.1 Å². The molecule has 0 aromatic carbocycles. The topological polar surface area (TPSA) is 63.4 Å². The molecule has 5 heteroatoms. The van der Waals surface area contributed by atoms with Gasteiger partial charge in [-0.2, -0.15) is 0 Å². The molecule has 2 rings (SSSR count). The number of morpholine rings is 1. The van der Waals surface area contributed by atoms with Crippen molar-refractivity contribution in [3.63, 3.8) is 0 Å². The molecule has 0 aliphatic carbocycles. The van der Waals surface area contributed by atoms with Gasteiger partial charge in [-0.1, -0.05) is 6.92 Å². The van der Waals surface area contributed by atoms with E-state index in [0.29, 0.717) is 5.82 Å². The van der Waals surface area contributed by atoms with Gasteiger partial charge >= 0.3 is 0 Å². The van der Waals surface area contributed by atoms with Crippen molar-refractivity contribution in [1.29, 1.82) is 0 Å². The number of hydrogen-bond acceptors (Lipinski definition) is 5. The Morgan fingerprint density at radius 1 is 1.60 bits per heavy atom. The fourth-order valence-electron chi connectivity index (χ4n) is 2.73. The third kappa shape index (κ3) is 3.48. The van der Waals surface area contributed by atoms with Crippen LogP contribution in [0.1, 0.15) is 30.5 Å². The second kappa shape index (κ2) is 7.02. The SMILES string of the molecule is CCCNC(c1c(C)ccnc1N)C1CN(C)CCO1. The van der Waals surface area contributed by atoms with Gasteiger partial charge in [0.1, 0.15) is 5.82 Å². The molecule has 1 aromatic heterocycles. The first-order valence-electron chi connectivity index (χ1n) is 7.38. The number of ether oxygens (including phenoxy) is 1. The smallest absolute Gasteiger partial charge is 0.128 e. The predicted octanol–water partition coefficient (Wildman–Crippen LogP) is 1.34. The zero-order valence-electron chi connectivity index (χ0n) is 12.7. The normalized spacial score (nSPS) is 21.9. The van der Waals surface area contributed by atoms with E-state index in [-0.39, 0.29) is 12.1 Å². The molecule has 2 heterocycles. The van der Waals surface area contributed by atoms with Crippen LogP contribution in [-0.2, 0) is 4.74 Å². The zero-order chi connectivity index (χ0) is 14.5. The Balaban J connectivity index is 2.26. The summed E-state index contributed by atoms with van der Waals surface area (Å²) in [6.45, 7) is 7.86. The van der Waals surface area contributed by atoms with Crippen LogP contribution in [0.2, 0.25) is 0 Å². The molecule has 1 aliphatic heterocycles. The van der Waals surface area contributed by atoms with Crippen LogP contribution in [0.25, 0.3) is 0 Å². The van der Waals surface area contributed by atoms with Gasteiger partial charge in [-0.15, -0.1) is 0 Å². The van der Waals surface area contributed by atoms with Gasteiger partial charge in [0, 0.05) is 24.8 Å². The summed E-state index contributed by atoms with van der Waals surface area (Å²) in [6.07, 6.45) is 2.96. The molecule has 2 unspecified atom stereocenters. The van der Waals surface area contributed by atoms with Crippen molar-refractivity contribution in [3.05, 3.63) is 23.4 Å². The average Bonchev–Trinajstić information content (AvgIpc) is 2.42. The molecule has 2 atom stereocenters. The summed E-state index contributed by atoms with van der Waals surface area (Å²) in [5, 5.41) is 3.59. The van der Waals surface area contributed by atoms with Crippen LogP contribution in [0.4, 0.5) is 5.82 Å². The van der Waals surface area contributed by atoms with Gasteiger partial charge in [0.05, 0.1) is 18.8 Å². The maximum atomic E-state index is 6.12. The van der Waals surface area contributed by atoms with E-state index < -0.39 is 0 Å². The van der Waals surface area contributed by atoms with E-state index in [0.717, 1.165) is 38.2 Å². The summed E-state index contributed by atoms with van der Waals surface area (Å²) in [7, 11) is 2.13. The van der Waals surface area contributed by atoms with Gasteiger partial charge in [0.25, 0.3) is 0 Å². The molecule has 0 saturated carbocycles. The van der Waals surface area contributed by atoms with Crippen LogP contribution in [-0.4, -0.2) is 49.3 Å². The Labute approximate surface area is 121 Å². The Morgan fingerprint density at radius 2 is 2.40 bits per heavy atom. The number of aryl methyl sites for hydroxylation is 1. The summed E-state index contributed by atoms with van der Waals surface area (Å²) in [6, 6.07) is 2.12. The minimum atomic E-state index is 0.103. The first kappa shape index (κ1) is 15.2. The van der Waals surface area contributed by atoms with Gasteiger partial charge in [-0.25, -0.2) is 4.98 Å². The van der Waals surface area contributed by atoms with Crippen molar-refractivity contribution in [1.82, 2.24) is 15.2 Å². The molecule has 3 N–H and O–H groups in total. The minimum Gasteiger partial charge on any atom is -0.383 e. The van der Waals surface area contributed by atoms with Crippen molar-refractivity contribution < 1.29 is 4.74 Å². The lowest BCUT2D eigenvalue weighted by atomic mass is 9.96. The maximum absolute atomic E-state index is 6.12. The van der Waals surface area contributed by atoms with E-state index in [1.807, 2.05) is 6.07 Å². The van der Waals surface area contributed by atoms with Gasteiger partial charge in [-0.05, 0) is 38.6 Å². The monoisotopic (exact) mass is 278 g/mol. The summed E-state index contributed by atoms with van der Waals surface area (Å²) in [5.41, 5.74) is 8.37. The molecular weight excluding hydrogens is 252 g/mol. The number of nitrogens with two attached hydrogens (primary N) is 1. The van der Waals surface area contributed by atoms with Gasteiger partial charge < -0.3 is 20.7 Å². The fourth-order valence-corrected chi connectivity index (χ4v) is 2.73. The predicted molar refractivity (Wildman–Crippen MR) is 81.7 cm³/mol. The van der Waals surface area contributed by atoms with Gasteiger partial charge in [0.2, 0.25) is 0 Å². The van der Waals surface area contributed by atoms with E-state index in [4.69, 9.17) is 10.5 Å². The zero-order valence-corrected chi connectivity index (χ0v) is 12.7. The number of nitrogens with one attached hydrogen (secondary N) is 1. The highest BCUT2D eigenvalue weighted by Crippen LogP contribution is 2.28. The highest BCUT2D eigenvalue weighted by atomic mass is 16.5. The largest absolute Gasteiger partial charge is 0.383 e.